The number of anilines is 1. The first kappa shape index (κ1) is 27.9. The van der Waals surface area contributed by atoms with Crippen LogP contribution in [0.3, 0.4) is 0 Å². The minimum atomic E-state index is -4.65. The van der Waals surface area contributed by atoms with Crippen LogP contribution in [-0.4, -0.2) is 70.5 Å². The van der Waals surface area contributed by atoms with Crippen LogP contribution in [0.5, 0.6) is 0 Å². The Kier molecular flexibility index (Phi) is 8.01. The predicted octanol–water partition coefficient (Wildman–Crippen LogP) is 5.11. The minimum absolute atomic E-state index is 0.0731. The number of hydrogen-bond acceptors (Lipinski definition) is 5. The van der Waals surface area contributed by atoms with Crippen molar-refractivity contribution in [2.24, 2.45) is 0 Å². The number of benzene rings is 1. The molecule has 36 heavy (non-hydrogen) atoms. The number of alkyl halides is 6. The number of likely N-dealkylation sites (tertiary alicyclic amines) is 2. The number of nitrogens with one attached hydrogen (secondary N) is 1. The predicted molar refractivity (Wildman–Crippen MR) is 117 cm³/mol. The third-order valence-electron chi connectivity index (χ3n) is 6.97. The summed E-state index contributed by atoms with van der Waals surface area (Å²) in [7, 11) is 0. The van der Waals surface area contributed by atoms with Crippen molar-refractivity contribution in [1.29, 1.82) is 0 Å². The lowest BCUT2D eigenvalue weighted by Crippen LogP contribution is -2.53. The first-order valence-electron chi connectivity index (χ1n) is 11.6. The lowest BCUT2D eigenvalue weighted by molar-refractivity contribution is -0.200. The summed E-state index contributed by atoms with van der Waals surface area (Å²) in [5.74, 6) is -1.21. The second kappa shape index (κ2) is 10.3. The maximum atomic E-state index is 13.3. The molecular formula is C23H29F6N3O4. The van der Waals surface area contributed by atoms with Crippen molar-refractivity contribution < 1.29 is 45.8 Å². The SMILES string of the molecule is CC(OC(=O)N1CCC2(CCCN2Cc2ccc(C(F)(F)F)cc2N[C@@H](C)C(=O)O)CC1)C(F)(F)F. The average Bonchev–Trinajstić information content (AvgIpc) is 3.15. The van der Waals surface area contributed by atoms with Gasteiger partial charge in [0.1, 0.15) is 6.04 Å². The van der Waals surface area contributed by atoms with E-state index in [-0.39, 0.29) is 30.9 Å². The van der Waals surface area contributed by atoms with Crippen LogP contribution in [0.15, 0.2) is 18.2 Å². The van der Waals surface area contributed by atoms with Crippen molar-refractivity contribution >= 4 is 17.7 Å². The molecule has 0 aromatic heterocycles. The lowest BCUT2D eigenvalue weighted by Gasteiger charge is -2.45. The largest absolute Gasteiger partial charge is 0.480 e. The van der Waals surface area contributed by atoms with Gasteiger partial charge in [0.2, 0.25) is 0 Å². The number of ether oxygens (including phenoxy) is 1. The van der Waals surface area contributed by atoms with E-state index in [4.69, 9.17) is 0 Å². The number of piperidine rings is 1. The normalized spacial score (nSPS) is 20.3. The molecule has 202 valence electrons. The van der Waals surface area contributed by atoms with Crippen LogP contribution in [0.25, 0.3) is 0 Å². The van der Waals surface area contributed by atoms with Gasteiger partial charge in [0.25, 0.3) is 0 Å². The molecule has 2 fully saturated rings. The first-order valence-corrected chi connectivity index (χ1v) is 11.6. The molecule has 0 aliphatic carbocycles. The van der Waals surface area contributed by atoms with Crippen LogP contribution in [-0.2, 0) is 22.3 Å². The molecule has 13 heteroatoms. The summed E-state index contributed by atoms with van der Waals surface area (Å²) in [6, 6.07) is 2.07. The molecule has 1 aromatic carbocycles. The Morgan fingerprint density at radius 3 is 2.28 bits per heavy atom. The van der Waals surface area contributed by atoms with Crippen LogP contribution in [0, 0.1) is 0 Å². The molecule has 7 nitrogen and oxygen atoms in total. The van der Waals surface area contributed by atoms with Crippen molar-refractivity contribution in [3.63, 3.8) is 0 Å². The van der Waals surface area contributed by atoms with Gasteiger partial charge in [-0.15, -0.1) is 0 Å². The summed E-state index contributed by atoms with van der Waals surface area (Å²) in [6.45, 7) is 3.37. The van der Waals surface area contributed by atoms with E-state index in [1.54, 1.807) is 0 Å². The monoisotopic (exact) mass is 525 g/mol. The van der Waals surface area contributed by atoms with Gasteiger partial charge >= 0.3 is 24.4 Å². The summed E-state index contributed by atoms with van der Waals surface area (Å²) in [5, 5.41) is 11.9. The second-order valence-electron chi connectivity index (χ2n) is 9.38. The number of carboxylic acid groups (broad SMARTS) is 1. The highest BCUT2D eigenvalue weighted by molar-refractivity contribution is 5.77. The van der Waals surface area contributed by atoms with Crippen molar-refractivity contribution in [1.82, 2.24) is 9.80 Å². The maximum Gasteiger partial charge on any atom is 0.425 e. The van der Waals surface area contributed by atoms with Crippen LogP contribution in [0.1, 0.15) is 50.7 Å². The number of carbonyl (C=O) groups excluding carboxylic acids is 1. The number of halogens is 6. The quantitative estimate of drug-likeness (QED) is 0.503. The van der Waals surface area contributed by atoms with Gasteiger partial charge in [-0.1, -0.05) is 6.07 Å². The number of carbonyl (C=O) groups is 2. The molecule has 3 rings (SSSR count). The third kappa shape index (κ3) is 6.34. The Morgan fingerprint density at radius 1 is 1.08 bits per heavy atom. The minimum Gasteiger partial charge on any atom is -0.480 e. The van der Waals surface area contributed by atoms with Gasteiger partial charge in [0.05, 0.1) is 5.56 Å². The molecule has 1 aromatic rings. The van der Waals surface area contributed by atoms with Crippen molar-refractivity contribution in [3.8, 4) is 0 Å². The third-order valence-corrected chi connectivity index (χ3v) is 6.97. The highest BCUT2D eigenvalue weighted by Gasteiger charge is 2.45. The van der Waals surface area contributed by atoms with E-state index in [0.29, 0.717) is 24.9 Å². The molecule has 0 bridgehead atoms. The number of carboxylic acids is 1. The van der Waals surface area contributed by atoms with Crippen LogP contribution < -0.4 is 5.32 Å². The van der Waals surface area contributed by atoms with Crippen molar-refractivity contribution in [2.75, 3.05) is 25.0 Å². The fourth-order valence-electron chi connectivity index (χ4n) is 4.73. The van der Waals surface area contributed by atoms with Gasteiger partial charge in [-0.05, 0) is 63.8 Å². The van der Waals surface area contributed by atoms with Crippen LogP contribution in [0.4, 0.5) is 36.8 Å². The second-order valence-corrected chi connectivity index (χ2v) is 9.38. The van der Waals surface area contributed by atoms with E-state index in [2.05, 4.69) is 15.0 Å². The summed E-state index contributed by atoms with van der Waals surface area (Å²) < 4.78 is 82.5. The van der Waals surface area contributed by atoms with Crippen LogP contribution in [0.2, 0.25) is 0 Å². The number of amides is 1. The Bertz CT molecular complexity index is 960. The zero-order valence-corrected chi connectivity index (χ0v) is 19.9. The molecule has 1 unspecified atom stereocenters. The Balaban J connectivity index is 1.73. The molecule has 2 N–H and O–H groups in total. The summed E-state index contributed by atoms with van der Waals surface area (Å²) in [5.41, 5.74) is -0.699. The highest BCUT2D eigenvalue weighted by Crippen LogP contribution is 2.41. The Labute approximate surface area is 204 Å². The highest BCUT2D eigenvalue weighted by atomic mass is 19.4. The number of aliphatic carboxylic acids is 1. The maximum absolute atomic E-state index is 13.3. The summed E-state index contributed by atoms with van der Waals surface area (Å²) in [4.78, 5) is 26.8. The number of nitrogens with zero attached hydrogens (tertiary/aromatic N) is 2. The van der Waals surface area contributed by atoms with Crippen LogP contribution >= 0.6 is 0 Å². The topological polar surface area (TPSA) is 82.1 Å². The molecule has 1 spiro atoms. The van der Waals surface area contributed by atoms with Crippen molar-refractivity contribution in [2.45, 2.75) is 76.1 Å². The van der Waals surface area contributed by atoms with Gasteiger partial charge in [-0.2, -0.15) is 26.3 Å². The van der Waals surface area contributed by atoms with Gasteiger partial charge in [-0.25, -0.2) is 4.79 Å². The Hall–Kier alpha value is -2.70. The standard InChI is InChI=1S/C23H29F6N3O4/c1-14(19(33)34)30-18-12-17(23(27,28)29)5-4-16(18)13-32-9-3-6-21(32)7-10-31(11-8-21)20(35)36-15(2)22(24,25)26/h4-5,12,14-15,30H,3,6-11,13H2,1-2H3,(H,33,34)/t14-,15?/m0/s1. The van der Waals surface area contributed by atoms with Crippen molar-refractivity contribution in [3.05, 3.63) is 29.3 Å². The molecule has 2 saturated heterocycles. The smallest absolute Gasteiger partial charge is 0.425 e. The average molecular weight is 525 g/mol. The number of hydrogen-bond donors (Lipinski definition) is 2. The van der Waals surface area contributed by atoms with E-state index >= 15 is 0 Å². The van der Waals surface area contributed by atoms with Gasteiger partial charge < -0.3 is 20.1 Å². The van der Waals surface area contributed by atoms with Gasteiger partial charge in [-0.3, -0.25) is 9.69 Å². The number of rotatable bonds is 6. The molecule has 0 saturated carbocycles. The zero-order valence-electron chi connectivity index (χ0n) is 19.9. The molecule has 2 atom stereocenters. The van der Waals surface area contributed by atoms with E-state index in [9.17, 15) is 41.0 Å². The Morgan fingerprint density at radius 2 is 1.72 bits per heavy atom. The molecular weight excluding hydrogens is 496 g/mol. The van der Waals surface area contributed by atoms with Gasteiger partial charge in [0.15, 0.2) is 6.10 Å². The molecule has 2 aliphatic heterocycles. The summed E-state index contributed by atoms with van der Waals surface area (Å²) in [6.07, 6.45) is -9.98. The first-order chi connectivity index (χ1) is 16.6. The van der Waals surface area contributed by atoms with E-state index in [1.807, 2.05) is 0 Å². The fourth-order valence-corrected chi connectivity index (χ4v) is 4.73. The lowest BCUT2D eigenvalue weighted by atomic mass is 9.84. The molecule has 0 radical (unpaired) electrons. The van der Waals surface area contributed by atoms with E-state index in [0.717, 1.165) is 31.9 Å². The van der Waals surface area contributed by atoms with E-state index < -0.39 is 42.1 Å². The summed E-state index contributed by atoms with van der Waals surface area (Å²) >= 11 is 0. The van der Waals surface area contributed by atoms with E-state index in [1.165, 1.54) is 17.9 Å². The molecule has 1 amide bonds. The van der Waals surface area contributed by atoms with Gasteiger partial charge in [0, 0.05) is 30.9 Å². The fraction of sp³-hybridized carbons (Fsp3) is 0.652. The molecule has 2 aliphatic rings. The zero-order chi connectivity index (χ0) is 26.9. The molecule has 2 heterocycles.